The van der Waals surface area contributed by atoms with E-state index in [4.69, 9.17) is 23.2 Å². The molecule has 196 valence electrons. The molecule has 0 aromatic heterocycles. The van der Waals surface area contributed by atoms with Gasteiger partial charge in [-0.15, -0.1) is 0 Å². The van der Waals surface area contributed by atoms with Crippen LogP contribution in [0.25, 0.3) is 0 Å². The Morgan fingerprint density at radius 1 is 0.865 bits per heavy atom. The van der Waals surface area contributed by atoms with Crippen LogP contribution < -0.4 is 9.62 Å². The Kier molecular flexibility index (Phi) is 9.59. The van der Waals surface area contributed by atoms with Crippen LogP contribution in [0.5, 0.6) is 0 Å². The molecule has 1 N–H and O–H groups in total. The summed E-state index contributed by atoms with van der Waals surface area (Å²) < 4.78 is 28.3. The molecule has 0 unspecified atom stereocenters. The number of halogens is 2. The van der Waals surface area contributed by atoms with Crippen LogP contribution in [0.1, 0.15) is 26.3 Å². The van der Waals surface area contributed by atoms with Gasteiger partial charge in [0.05, 0.1) is 10.6 Å². The van der Waals surface area contributed by atoms with E-state index >= 15 is 0 Å². The SMILES string of the molecule is CC(C)NC(=O)[C@H](C)N(Cc1ccccc1Cl)C(=O)CN(c1ccc(Cl)cc1)S(=O)(=O)c1ccccc1. The van der Waals surface area contributed by atoms with Crippen LogP contribution in [-0.4, -0.2) is 43.8 Å². The lowest BCUT2D eigenvalue weighted by Crippen LogP contribution is -2.52. The maximum absolute atomic E-state index is 13.8. The van der Waals surface area contributed by atoms with Gasteiger partial charge in [0.2, 0.25) is 11.8 Å². The van der Waals surface area contributed by atoms with E-state index in [0.29, 0.717) is 15.6 Å². The molecule has 3 rings (SSSR count). The van der Waals surface area contributed by atoms with E-state index in [9.17, 15) is 18.0 Å². The lowest BCUT2D eigenvalue weighted by Gasteiger charge is -2.32. The average molecular weight is 563 g/mol. The number of benzene rings is 3. The molecule has 2 amide bonds. The molecule has 3 aromatic rings. The monoisotopic (exact) mass is 561 g/mol. The molecule has 0 radical (unpaired) electrons. The van der Waals surface area contributed by atoms with Crippen molar-refractivity contribution in [2.24, 2.45) is 0 Å². The number of nitrogens with zero attached hydrogens (tertiary/aromatic N) is 2. The van der Waals surface area contributed by atoms with Gasteiger partial charge >= 0.3 is 0 Å². The van der Waals surface area contributed by atoms with Gasteiger partial charge in [-0.3, -0.25) is 13.9 Å². The van der Waals surface area contributed by atoms with Crippen LogP contribution in [0.2, 0.25) is 10.0 Å². The van der Waals surface area contributed by atoms with E-state index in [1.165, 1.54) is 29.2 Å². The fourth-order valence-corrected chi connectivity index (χ4v) is 5.41. The van der Waals surface area contributed by atoms with Gasteiger partial charge in [0.1, 0.15) is 12.6 Å². The lowest BCUT2D eigenvalue weighted by molar-refractivity contribution is -0.139. The number of hydrogen-bond acceptors (Lipinski definition) is 4. The van der Waals surface area contributed by atoms with E-state index < -0.39 is 28.5 Å². The Morgan fingerprint density at radius 3 is 2.05 bits per heavy atom. The van der Waals surface area contributed by atoms with Gasteiger partial charge in [-0.25, -0.2) is 8.42 Å². The molecule has 0 bridgehead atoms. The summed E-state index contributed by atoms with van der Waals surface area (Å²) in [6, 6.07) is 20.0. The van der Waals surface area contributed by atoms with Gasteiger partial charge < -0.3 is 10.2 Å². The zero-order valence-electron chi connectivity index (χ0n) is 20.8. The summed E-state index contributed by atoms with van der Waals surface area (Å²) in [5, 5.41) is 3.67. The molecule has 0 aliphatic heterocycles. The van der Waals surface area contributed by atoms with Crippen molar-refractivity contribution in [1.29, 1.82) is 0 Å². The highest BCUT2D eigenvalue weighted by Gasteiger charge is 2.32. The maximum atomic E-state index is 13.8. The van der Waals surface area contributed by atoms with Gasteiger partial charge in [-0.2, -0.15) is 0 Å². The first-order valence-electron chi connectivity index (χ1n) is 11.7. The molecule has 1 atom stereocenters. The highest BCUT2D eigenvalue weighted by molar-refractivity contribution is 7.92. The number of amides is 2. The van der Waals surface area contributed by atoms with Crippen LogP contribution >= 0.6 is 23.2 Å². The third-order valence-corrected chi connectivity index (χ3v) is 8.03. The molecule has 0 heterocycles. The second-order valence-corrected chi connectivity index (χ2v) is 11.5. The quantitative estimate of drug-likeness (QED) is 0.371. The fourth-order valence-electron chi connectivity index (χ4n) is 3.65. The second kappa shape index (κ2) is 12.4. The molecule has 0 aliphatic carbocycles. The maximum Gasteiger partial charge on any atom is 0.264 e. The summed E-state index contributed by atoms with van der Waals surface area (Å²) >= 11 is 12.4. The smallest absolute Gasteiger partial charge is 0.264 e. The number of rotatable bonds is 10. The summed E-state index contributed by atoms with van der Waals surface area (Å²) in [4.78, 5) is 28.1. The molecule has 0 aliphatic rings. The lowest BCUT2D eigenvalue weighted by atomic mass is 10.1. The highest BCUT2D eigenvalue weighted by Crippen LogP contribution is 2.26. The average Bonchev–Trinajstić information content (AvgIpc) is 2.87. The predicted molar refractivity (Wildman–Crippen MR) is 147 cm³/mol. The molecule has 7 nitrogen and oxygen atoms in total. The Balaban J connectivity index is 2.02. The molecule has 37 heavy (non-hydrogen) atoms. The van der Waals surface area contributed by atoms with Crippen molar-refractivity contribution in [2.75, 3.05) is 10.8 Å². The highest BCUT2D eigenvalue weighted by atomic mass is 35.5. The predicted octanol–water partition coefficient (Wildman–Crippen LogP) is 5.13. The van der Waals surface area contributed by atoms with Crippen molar-refractivity contribution in [2.45, 2.75) is 44.3 Å². The molecular formula is C27H29Cl2N3O4S. The molecule has 10 heteroatoms. The van der Waals surface area contributed by atoms with E-state index in [0.717, 1.165) is 4.31 Å². The van der Waals surface area contributed by atoms with E-state index in [2.05, 4.69) is 5.32 Å². The van der Waals surface area contributed by atoms with Gasteiger partial charge in [-0.05, 0) is 68.8 Å². The first-order chi connectivity index (χ1) is 17.5. The van der Waals surface area contributed by atoms with E-state index in [1.54, 1.807) is 61.5 Å². The standard InChI is InChI=1S/C27H29Cl2N3O4S/c1-19(2)30-27(34)20(3)31(17-21-9-7-8-12-25(21)29)26(33)18-32(23-15-13-22(28)14-16-23)37(35,36)24-10-5-4-6-11-24/h4-16,19-20H,17-18H2,1-3H3,(H,30,34)/t20-/m0/s1. The topological polar surface area (TPSA) is 86.8 Å². The van der Waals surface area contributed by atoms with Gasteiger partial charge in [0, 0.05) is 22.6 Å². The van der Waals surface area contributed by atoms with Crippen LogP contribution in [0.4, 0.5) is 5.69 Å². The second-order valence-electron chi connectivity index (χ2n) is 8.75. The van der Waals surface area contributed by atoms with Gasteiger partial charge in [-0.1, -0.05) is 59.6 Å². The van der Waals surface area contributed by atoms with Crippen molar-refractivity contribution in [3.8, 4) is 0 Å². The number of sulfonamides is 1. The third kappa shape index (κ3) is 7.25. The van der Waals surface area contributed by atoms with Crippen molar-refractivity contribution in [3.05, 3.63) is 94.5 Å². The fraction of sp³-hybridized carbons (Fsp3) is 0.259. The minimum Gasteiger partial charge on any atom is -0.352 e. The molecule has 0 spiro atoms. The van der Waals surface area contributed by atoms with Crippen LogP contribution in [0.15, 0.2) is 83.8 Å². The minimum atomic E-state index is -4.13. The molecule has 0 fully saturated rings. The molecule has 3 aromatic carbocycles. The first-order valence-corrected chi connectivity index (χ1v) is 13.9. The number of anilines is 1. The van der Waals surface area contributed by atoms with Gasteiger partial charge in [0.25, 0.3) is 10.0 Å². The van der Waals surface area contributed by atoms with Gasteiger partial charge in [0.15, 0.2) is 0 Å². The minimum absolute atomic E-state index is 0.0189. The Labute approximate surface area is 228 Å². The number of hydrogen-bond donors (Lipinski definition) is 1. The van der Waals surface area contributed by atoms with Crippen LogP contribution in [0.3, 0.4) is 0 Å². The molecular weight excluding hydrogens is 533 g/mol. The third-order valence-electron chi connectivity index (χ3n) is 5.62. The zero-order chi connectivity index (χ0) is 27.2. The van der Waals surface area contributed by atoms with E-state index in [-0.39, 0.29) is 29.1 Å². The summed E-state index contributed by atoms with van der Waals surface area (Å²) in [6.07, 6.45) is 0. The number of carbonyl (C=O) groups excluding carboxylic acids is 2. The summed E-state index contributed by atoms with van der Waals surface area (Å²) in [6.45, 7) is 4.72. The van der Waals surface area contributed by atoms with E-state index in [1.807, 2.05) is 13.8 Å². The number of nitrogens with one attached hydrogen (secondary N) is 1. The first kappa shape index (κ1) is 28.5. The van der Waals surface area contributed by atoms with Crippen molar-refractivity contribution in [1.82, 2.24) is 10.2 Å². The molecule has 0 saturated heterocycles. The normalized spacial score (nSPS) is 12.2. The largest absolute Gasteiger partial charge is 0.352 e. The summed E-state index contributed by atoms with van der Waals surface area (Å²) in [5.41, 5.74) is 0.893. The number of carbonyl (C=O) groups is 2. The van der Waals surface area contributed by atoms with Crippen molar-refractivity contribution >= 4 is 50.7 Å². The summed E-state index contributed by atoms with van der Waals surface area (Å²) in [7, 11) is -4.13. The Bertz CT molecular complexity index is 1330. The van der Waals surface area contributed by atoms with Crippen LogP contribution in [0, 0.1) is 0 Å². The summed E-state index contributed by atoms with van der Waals surface area (Å²) in [5.74, 6) is -0.930. The molecule has 0 saturated carbocycles. The zero-order valence-corrected chi connectivity index (χ0v) is 23.1. The Morgan fingerprint density at radius 2 is 1.46 bits per heavy atom. The van der Waals surface area contributed by atoms with Crippen molar-refractivity contribution < 1.29 is 18.0 Å². The van der Waals surface area contributed by atoms with Crippen LogP contribution in [-0.2, 0) is 26.2 Å². The van der Waals surface area contributed by atoms with Crippen molar-refractivity contribution in [3.63, 3.8) is 0 Å². The Hall–Kier alpha value is -3.07.